The van der Waals surface area contributed by atoms with Gasteiger partial charge in [0.1, 0.15) is 11.6 Å². The first-order valence-electron chi connectivity index (χ1n) is 7.85. The summed E-state index contributed by atoms with van der Waals surface area (Å²) in [6, 6.07) is 10.3. The highest BCUT2D eigenvalue weighted by Crippen LogP contribution is 2.31. The number of benzene rings is 1. The van der Waals surface area contributed by atoms with Crippen molar-refractivity contribution in [2.75, 3.05) is 20.2 Å². The molecule has 2 aromatic rings. The van der Waals surface area contributed by atoms with Crippen molar-refractivity contribution in [3.05, 3.63) is 54.0 Å². The number of hydrogen-bond acceptors (Lipinski definition) is 5. The maximum absolute atomic E-state index is 12.9. The van der Waals surface area contributed by atoms with E-state index in [0.29, 0.717) is 13.0 Å². The first-order valence-corrected chi connectivity index (χ1v) is 7.85. The fraction of sp³-hybridized carbons (Fsp3) is 0.333. The molecule has 1 aliphatic heterocycles. The van der Waals surface area contributed by atoms with Crippen molar-refractivity contribution in [1.82, 2.24) is 10.3 Å². The average Bonchev–Trinajstić information content (AvgIpc) is 2.63. The molecule has 1 fully saturated rings. The van der Waals surface area contributed by atoms with E-state index in [9.17, 15) is 9.18 Å². The number of ether oxygens (including phenoxy) is 2. The Morgan fingerprint density at radius 2 is 2.04 bits per heavy atom. The van der Waals surface area contributed by atoms with Gasteiger partial charge < -0.3 is 14.8 Å². The third-order valence-corrected chi connectivity index (χ3v) is 4.23. The predicted molar refractivity (Wildman–Crippen MR) is 86.5 cm³/mol. The predicted octanol–water partition coefficient (Wildman–Crippen LogP) is 2.53. The van der Waals surface area contributed by atoms with Gasteiger partial charge in [0.25, 0.3) is 0 Å². The van der Waals surface area contributed by atoms with E-state index in [1.54, 1.807) is 7.11 Å². The van der Waals surface area contributed by atoms with Crippen LogP contribution in [0.4, 0.5) is 4.39 Å². The van der Waals surface area contributed by atoms with Crippen LogP contribution in [0.1, 0.15) is 17.9 Å². The number of carbonyl (C=O) groups excluding carboxylic acids is 1. The van der Waals surface area contributed by atoms with Gasteiger partial charge in [0.2, 0.25) is 5.88 Å². The maximum Gasteiger partial charge on any atom is 0.316 e. The lowest BCUT2D eigenvalue weighted by molar-refractivity contribution is -0.140. The van der Waals surface area contributed by atoms with E-state index in [2.05, 4.69) is 10.3 Å². The molecule has 0 saturated carbocycles. The van der Waals surface area contributed by atoms with Crippen molar-refractivity contribution in [2.45, 2.75) is 12.3 Å². The van der Waals surface area contributed by atoms with Crippen LogP contribution in [0.3, 0.4) is 0 Å². The van der Waals surface area contributed by atoms with Crippen molar-refractivity contribution < 1.29 is 18.7 Å². The second-order valence-corrected chi connectivity index (χ2v) is 5.71. The summed E-state index contributed by atoms with van der Waals surface area (Å²) in [6.45, 7) is 1.45. The Morgan fingerprint density at radius 3 is 2.71 bits per heavy atom. The number of esters is 1. The van der Waals surface area contributed by atoms with E-state index in [1.165, 1.54) is 12.1 Å². The zero-order valence-electron chi connectivity index (χ0n) is 13.4. The molecule has 6 heteroatoms. The molecule has 1 aromatic carbocycles. The molecule has 0 spiro atoms. The molecule has 2 heterocycles. The Balaban J connectivity index is 1.75. The summed E-state index contributed by atoms with van der Waals surface area (Å²) in [7, 11) is 1.62. The molecule has 24 heavy (non-hydrogen) atoms. The molecule has 1 aliphatic rings. The Hall–Kier alpha value is -2.47. The summed E-state index contributed by atoms with van der Waals surface area (Å²) in [6.07, 6.45) is 1.71. The van der Waals surface area contributed by atoms with Gasteiger partial charge in [-0.1, -0.05) is 12.1 Å². The van der Waals surface area contributed by atoms with E-state index in [-0.39, 0.29) is 23.7 Å². The maximum atomic E-state index is 12.9. The van der Waals surface area contributed by atoms with Gasteiger partial charge in [-0.2, -0.15) is 0 Å². The number of aromatic nitrogens is 1. The molecule has 1 saturated heterocycles. The highest BCUT2D eigenvalue weighted by Gasteiger charge is 2.33. The first-order chi connectivity index (χ1) is 11.7. The molecule has 0 radical (unpaired) electrons. The number of halogens is 1. The second-order valence-electron chi connectivity index (χ2n) is 5.71. The van der Waals surface area contributed by atoms with Crippen LogP contribution in [0.25, 0.3) is 0 Å². The minimum atomic E-state index is -0.465. The Kier molecular flexibility index (Phi) is 5.05. The SMILES string of the molecule is COc1ccc(C2CNCCC2C(=O)Oc2ccc(F)cn2)cc1. The van der Waals surface area contributed by atoms with Crippen molar-refractivity contribution in [1.29, 1.82) is 0 Å². The molecule has 5 nitrogen and oxygen atoms in total. The smallest absolute Gasteiger partial charge is 0.316 e. The van der Waals surface area contributed by atoms with E-state index >= 15 is 0 Å². The molecular weight excluding hydrogens is 311 g/mol. The van der Waals surface area contributed by atoms with Gasteiger partial charge in [0.05, 0.1) is 19.2 Å². The topological polar surface area (TPSA) is 60.5 Å². The van der Waals surface area contributed by atoms with Gasteiger partial charge in [0.15, 0.2) is 0 Å². The standard InChI is InChI=1S/C18H19FN2O3/c1-23-14-5-2-12(3-6-14)16-11-20-9-8-15(16)18(22)24-17-7-4-13(19)10-21-17/h2-7,10,15-16,20H,8-9,11H2,1H3. The van der Waals surface area contributed by atoms with Crippen LogP contribution in [0.15, 0.2) is 42.6 Å². The first kappa shape index (κ1) is 16.4. The minimum Gasteiger partial charge on any atom is -0.497 e. The van der Waals surface area contributed by atoms with Crippen LogP contribution in [0.5, 0.6) is 11.6 Å². The van der Waals surface area contributed by atoms with Gasteiger partial charge >= 0.3 is 5.97 Å². The van der Waals surface area contributed by atoms with Crippen LogP contribution in [0.2, 0.25) is 0 Å². The lowest BCUT2D eigenvalue weighted by atomic mass is 9.81. The summed E-state index contributed by atoms with van der Waals surface area (Å²) in [5.74, 6) is -0.168. The molecule has 0 bridgehead atoms. The largest absolute Gasteiger partial charge is 0.497 e. The van der Waals surface area contributed by atoms with Crippen molar-refractivity contribution >= 4 is 5.97 Å². The third-order valence-electron chi connectivity index (χ3n) is 4.23. The van der Waals surface area contributed by atoms with Gasteiger partial charge in [-0.3, -0.25) is 4.79 Å². The van der Waals surface area contributed by atoms with Crippen LogP contribution in [-0.4, -0.2) is 31.2 Å². The molecule has 0 amide bonds. The average molecular weight is 330 g/mol. The number of pyridine rings is 1. The summed E-state index contributed by atoms with van der Waals surface area (Å²) in [5, 5.41) is 3.31. The fourth-order valence-corrected chi connectivity index (χ4v) is 2.94. The van der Waals surface area contributed by atoms with E-state index in [0.717, 1.165) is 24.1 Å². The normalized spacial score (nSPS) is 20.4. The third kappa shape index (κ3) is 3.71. The Labute approximate surface area is 139 Å². The molecule has 1 N–H and O–H groups in total. The monoisotopic (exact) mass is 330 g/mol. The molecular formula is C18H19FN2O3. The fourth-order valence-electron chi connectivity index (χ4n) is 2.94. The molecule has 2 unspecified atom stereocenters. The van der Waals surface area contributed by atoms with Gasteiger partial charge in [-0.05, 0) is 36.7 Å². The number of rotatable bonds is 4. The van der Waals surface area contributed by atoms with Crippen LogP contribution in [-0.2, 0) is 4.79 Å². The van der Waals surface area contributed by atoms with Crippen molar-refractivity contribution in [3.63, 3.8) is 0 Å². The Bertz CT molecular complexity index is 688. The highest BCUT2D eigenvalue weighted by molar-refractivity contribution is 5.76. The zero-order chi connectivity index (χ0) is 16.9. The quantitative estimate of drug-likeness (QED) is 0.873. The van der Waals surface area contributed by atoms with E-state index < -0.39 is 5.82 Å². The van der Waals surface area contributed by atoms with Crippen molar-refractivity contribution in [3.8, 4) is 11.6 Å². The summed E-state index contributed by atoms with van der Waals surface area (Å²) in [4.78, 5) is 16.3. The second kappa shape index (κ2) is 7.40. The molecule has 1 aromatic heterocycles. The highest BCUT2D eigenvalue weighted by atomic mass is 19.1. The lowest BCUT2D eigenvalue weighted by Gasteiger charge is -2.30. The van der Waals surface area contributed by atoms with E-state index in [4.69, 9.17) is 9.47 Å². The minimum absolute atomic E-state index is 0.0117. The van der Waals surface area contributed by atoms with Crippen LogP contribution >= 0.6 is 0 Å². The van der Waals surface area contributed by atoms with E-state index in [1.807, 2.05) is 24.3 Å². The summed E-state index contributed by atoms with van der Waals surface area (Å²) in [5.41, 5.74) is 1.05. The zero-order valence-corrected chi connectivity index (χ0v) is 13.4. The number of nitrogens with zero attached hydrogens (tertiary/aromatic N) is 1. The molecule has 3 rings (SSSR count). The van der Waals surface area contributed by atoms with Crippen molar-refractivity contribution in [2.24, 2.45) is 5.92 Å². The summed E-state index contributed by atoms with van der Waals surface area (Å²) < 4.78 is 23.4. The van der Waals surface area contributed by atoms with Gasteiger partial charge in [-0.25, -0.2) is 9.37 Å². The van der Waals surface area contributed by atoms with Gasteiger partial charge in [0, 0.05) is 18.5 Å². The number of methoxy groups -OCH3 is 1. The van der Waals surface area contributed by atoms with Gasteiger partial charge in [-0.15, -0.1) is 0 Å². The Morgan fingerprint density at radius 1 is 1.25 bits per heavy atom. The number of piperidine rings is 1. The number of nitrogens with one attached hydrogen (secondary N) is 1. The molecule has 2 atom stereocenters. The molecule has 126 valence electrons. The number of hydrogen-bond donors (Lipinski definition) is 1. The number of carbonyl (C=O) groups is 1. The van der Waals surface area contributed by atoms with Crippen LogP contribution < -0.4 is 14.8 Å². The molecule has 0 aliphatic carbocycles. The summed E-state index contributed by atoms with van der Waals surface area (Å²) >= 11 is 0. The lowest BCUT2D eigenvalue weighted by Crippen LogP contribution is -2.40. The van der Waals surface area contributed by atoms with Crippen LogP contribution in [0, 0.1) is 11.7 Å².